The lowest BCUT2D eigenvalue weighted by molar-refractivity contribution is -0.138. The number of unbranched alkanes of at least 4 members (excludes halogenated alkanes) is 1. The molecule has 2 rings (SSSR count). The van der Waals surface area contributed by atoms with Gasteiger partial charge in [-0.1, -0.05) is 57.2 Å². The van der Waals surface area contributed by atoms with Crippen molar-refractivity contribution in [3.8, 4) is 0 Å². The van der Waals surface area contributed by atoms with Gasteiger partial charge >= 0.3 is 5.97 Å². The SMILES string of the molecule is CCOC(=O)C(=CCCCC(N)=O)NC(=O)c1cc(C(C)(C)C)nn1Cc1ccccc1. The van der Waals surface area contributed by atoms with Gasteiger partial charge in [0, 0.05) is 11.8 Å². The number of esters is 1. The summed E-state index contributed by atoms with van der Waals surface area (Å²) in [7, 11) is 0. The van der Waals surface area contributed by atoms with Crippen LogP contribution in [-0.2, 0) is 26.3 Å². The number of hydrogen-bond donors (Lipinski definition) is 2. The molecule has 0 spiro atoms. The van der Waals surface area contributed by atoms with Gasteiger partial charge in [0.15, 0.2) is 0 Å². The van der Waals surface area contributed by atoms with Gasteiger partial charge in [0.2, 0.25) is 5.91 Å². The number of aromatic nitrogens is 2. The van der Waals surface area contributed by atoms with Crippen LogP contribution < -0.4 is 11.1 Å². The van der Waals surface area contributed by atoms with E-state index in [1.165, 1.54) is 0 Å². The molecule has 0 bridgehead atoms. The van der Waals surface area contributed by atoms with Crippen molar-refractivity contribution in [3.63, 3.8) is 0 Å². The Morgan fingerprint density at radius 3 is 2.47 bits per heavy atom. The molecule has 8 heteroatoms. The van der Waals surface area contributed by atoms with Gasteiger partial charge in [-0.25, -0.2) is 4.79 Å². The van der Waals surface area contributed by atoms with Crippen LogP contribution >= 0.6 is 0 Å². The zero-order valence-corrected chi connectivity index (χ0v) is 19.2. The topological polar surface area (TPSA) is 116 Å². The highest BCUT2D eigenvalue weighted by Gasteiger charge is 2.24. The molecule has 2 aromatic rings. The predicted molar refractivity (Wildman–Crippen MR) is 122 cm³/mol. The molecule has 0 aliphatic rings. The first-order valence-corrected chi connectivity index (χ1v) is 10.7. The average molecular weight is 441 g/mol. The summed E-state index contributed by atoms with van der Waals surface area (Å²) in [6.07, 6.45) is 2.61. The second-order valence-electron chi connectivity index (χ2n) is 8.46. The molecule has 0 aliphatic heterocycles. The molecule has 1 aromatic carbocycles. The molecule has 172 valence electrons. The van der Waals surface area contributed by atoms with Crippen LogP contribution in [0.1, 0.15) is 68.7 Å². The van der Waals surface area contributed by atoms with Crippen molar-refractivity contribution in [2.24, 2.45) is 5.73 Å². The lowest BCUT2D eigenvalue weighted by Crippen LogP contribution is -2.30. The number of amides is 2. The minimum atomic E-state index is -0.634. The Hall–Kier alpha value is -3.42. The van der Waals surface area contributed by atoms with Crippen LogP contribution in [0.4, 0.5) is 0 Å². The number of allylic oxidation sites excluding steroid dienone is 1. The van der Waals surface area contributed by atoms with E-state index in [9.17, 15) is 14.4 Å². The van der Waals surface area contributed by atoms with Crippen LogP contribution in [0.15, 0.2) is 48.2 Å². The molecule has 0 saturated carbocycles. The van der Waals surface area contributed by atoms with Gasteiger partial charge in [-0.05, 0) is 31.4 Å². The number of nitrogens with one attached hydrogen (secondary N) is 1. The van der Waals surface area contributed by atoms with E-state index in [0.29, 0.717) is 25.1 Å². The number of rotatable bonds is 10. The number of ether oxygens (including phenoxy) is 1. The first-order chi connectivity index (χ1) is 15.1. The normalized spacial score (nSPS) is 11.8. The van der Waals surface area contributed by atoms with Gasteiger partial charge in [-0.15, -0.1) is 0 Å². The zero-order valence-electron chi connectivity index (χ0n) is 19.2. The smallest absolute Gasteiger partial charge is 0.354 e. The van der Waals surface area contributed by atoms with Gasteiger partial charge in [-0.3, -0.25) is 14.3 Å². The highest BCUT2D eigenvalue weighted by Crippen LogP contribution is 2.22. The maximum absolute atomic E-state index is 13.2. The molecule has 2 amide bonds. The van der Waals surface area contributed by atoms with E-state index in [1.54, 1.807) is 23.7 Å². The minimum Gasteiger partial charge on any atom is -0.461 e. The second-order valence-corrected chi connectivity index (χ2v) is 8.46. The van der Waals surface area contributed by atoms with Crippen LogP contribution in [0.25, 0.3) is 0 Å². The Bertz CT molecular complexity index is 972. The van der Waals surface area contributed by atoms with Crippen molar-refractivity contribution in [2.75, 3.05) is 6.61 Å². The molecule has 3 N–H and O–H groups in total. The van der Waals surface area contributed by atoms with Crippen molar-refractivity contribution in [3.05, 3.63) is 65.1 Å². The zero-order chi connectivity index (χ0) is 23.7. The summed E-state index contributed by atoms with van der Waals surface area (Å²) in [5, 5.41) is 7.32. The van der Waals surface area contributed by atoms with E-state index < -0.39 is 17.8 Å². The van der Waals surface area contributed by atoms with E-state index in [1.807, 2.05) is 51.1 Å². The van der Waals surface area contributed by atoms with Gasteiger partial charge in [0.25, 0.3) is 5.91 Å². The largest absolute Gasteiger partial charge is 0.461 e. The summed E-state index contributed by atoms with van der Waals surface area (Å²) in [5.74, 6) is -1.51. The number of nitrogens with two attached hydrogens (primary N) is 1. The molecule has 1 heterocycles. The summed E-state index contributed by atoms with van der Waals surface area (Å²) in [6, 6.07) is 11.4. The molecule has 0 saturated heterocycles. The minimum absolute atomic E-state index is 0.0334. The summed E-state index contributed by atoms with van der Waals surface area (Å²) in [4.78, 5) is 36.5. The molecule has 0 atom stereocenters. The molecule has 0 radical (unpaired) electrons. The monoisotopic (exact) mass is 440 g/mol. The lowest BCUT2D eigenvalue weighted by atomic mass is 9.92. The lowest BCUT2D eigenvalue weighted by Gasteiger charge is -2.14. The van der Waals surface area contributed by atoms with Crippen molar-refractivity contribution in [2.45, 2.75) is 58.9 Å². The summed E-state index contributed by atoms with van der Waals surface area (Å²) < 4.78 is 6.71. The van der Waals surface area contributed by atoms with E-state index in [2.05, 4.69) is 10.4 Å². The van der Waals surface area contributed by atoms with Crippen molar-refractivity contribution in [1.29, 1.82) is 0 Å². The number of benzene rings is 1. The van der Waals surface area contributed by atoms with Crippen molar-refractivity contribution in [1.82, 2.24) is 15.1 Å². The van der Waals surface area contributed by atoms with E-state index in [0.717, 1.165) is 11.3 Å². The Morgan fingerprint density at radius 2 is 1.88 bits per heavy atom. The van der Waals surface area contributed by atoms with Crippen LogP contribution in [-0.4, -0.2) is 34.2 Å². The molecular formula is C24H32N4O4. The van der Waals surface area contributed by atoms with Crippen LogP contribution in [0.5, 0.6) is 0 Å². The summed E-state index contributed by atoms with van der Waals surface area (Å²) >= 11 is 0. The predicted octanol–water partition coefficient (Wildman–Crippen LogP) is 3.06. The third-order valence-electron chi connectivity index (χ3n) is 4.68. The van der Waals surface area contributed by atoms with Gasteiger partial charge < -0.3 is 15.8 Å². The second kappa shape index (κ2) is 11.3. The molecule has 32 heavy (non-hydrogen) atoms. The fourth-order valence-corrected chi connectivity index (χ4v) is 2.95. The van der Waals surface area contributed by atoms with Gasteiger partial charge in [-0.2, -0.15) is 5.10 Å². The van der Waals surface area contributed by atoms with Crippen LogP contribution in [0.2, 0.25) is 0 Å². The van der Waals surface area contributed by atoms with E-state index in [4.69, 9.17) is 10.5 Å². The Morgan fingerprint density at radius 1 is 1.19 bits per heavy atom. The number of hydrogen-bond acceptors (Lipinski definition) is 5. The summed E-state index contributed by atoms with van der Waals surface area (Å²) in [6.45, 7) is 8.34. The fraction of sp³-hybridized carbons (Fsp3) is 0.417. The van der Waals surface area contributed by atoms with Gasteiger partial charge in [0.05, 0.1) is 18.8 Å². The fourth-order valence-electron chi connectivity index (χ4n) is 2.95. The number of carbonyl (C=O) groups is 3. The Balaban J connectivity index is 2.30. The highest BCUT2D eigenvalue weighted by molar-refractivity contribution is 6.00. The van der Waals surface area contributed by atoms with Crippen molar-refractivity contribution < 1.29 is 19.1 Å². The molecule has 1 aromatic heterocycles. The molecule has 0 aliphatic carbocycles. The molecule has 0 fully saturated rings. The summed E-state index contributed by atoms with van der Waals surface area (Å²) in [5.41, 5.74) is 7.04. The van der Waals surface area contributed by atoms with Crippen LogP contribution in [0.3, 0.4) is 0 Å². The third-order valence-corrected chi connectivity index (χ3v) is 4.68. The maximum atomic E-state index is 13.2. The maximum Gasteiger partial charge on any atom is 0.354 e. The van der Waals surface area contributed by atoms with Crippen LogP contribution in [0, 0.1) is 0 Å². The third kappa shape index (κ3) is 7.37. The molecule has 0 unspecified atom stereocenters. The van der Waals surface area contributed by atoms with E-state index in [-0.39, 0.29) is 24.1 Å². The van der Waals surface area contributed by atoms with E-state index >= 15 is 0 Å². The number of nitrogens with zero attached hydrogens (tertiary/aromatic N) is 2. The number of primary amides is 1. The highest BCUT2D eigenvalue weighted by atomic mass is 16.5. The van der Waals surface area contributed by atoms with Crippen molar-refractivity contribution >= 4 is 17.8 Å². The first kappa shape index (κ1) is 24.8. The average Bonchev–Trinajstić information content (AvgIpc) is 3.15. The standard InChI is InChI=1S/C24H32N4O4/c1-5-32-23(31)18(13-9-10-14-21(25)29)26-22(30)19-15-20(24(2,3)4)27-28(19)16-17-11-7-6-8-12-17/h6-8,11-13,15H,5,9-10,14,16H2,1-4H3,(H2,25,29)(H,26,30). The molecular weight excluding hydrogens is 408 g/mol. The Labute approximate surface area is 188 Å². The molecule has 8 nitrogen and oxygen atoms in total. The number of carbonyl (C=O) groups excluding carboxylic acids is 3. The Kier molecular flexibility index (Phi) is 8.75. The quantitative estimate of drug-likeness (QED) is 0.335. The van der Waals surface area contributed by atoms with Gasteiger partial charge in [0.1, 0.15) is 11.4 Å². The first-order valence-electron chi connectivity index (χ1n) is 10.7.